The summed E-state index contributed by atoms with van der Waals surface area (Å²) in [6, 6.07) is 23.5. The van der Waals surface area contributed by atoms with E-state index in [2.05, 4.69) is 31.2 Å². The Bertz CT molecular complexity index is 1020. The minimum Gasteiger partial charge on any atom is -0.497 e. The van der Waals surface area contributed by atoms with Crippen LogP contribution in [-0.2, 0) is 22.5 Å². The van der Waals surface area contributed by atoms with E-state index in [0.717, 1.165) is 22.4 Å². The summed E-state index contributed by atoms with van der Waals surface area (Å²) in [6.07, 6.45) is 0.0652. The third-order valence-corrected chi connectivity index (χ3v) is 5.95. The van der Waals surface area contributed by atoms with Crippen molar-refractivity contribution in [3.63, 3.8) is 0 Å². The third-order valence-electron chi connectivity index (χ3n) is 5.70. The van der Waals surface area contributed by atoms with Gasteiger partial charge in [0.2, 0.25) is 0 Å². The second-order valence-corrected chi connectivity index (χ2v) is 8.33. The Morgan fingerprint density at radius 2 is 1.61 bits per heavy atom. The predicted molar refractivity (Wildman–Crippen MR) is 122 cm³/mol. The van der Waals surface area contributed by atoms with E-state index in [1.54, 1.807) is 7.11 Å². The van der Waals surface area contributed by atoms with Crippen LogP contribution in [0.5, 0.6) is 5.75 Å². The van der Waals surface area contributed by atoms with E-state index in [-0.39, 0.29) is 11.9 Å². The minimum atomic E-state index is -0.496. The van der Waals surface area contributed by atoms with Gasteiger partial charge in [-0.25, -0.2) is 0 Å². The fraction of sp³-hybridized carbons (Fsp3) is 0.269. The molecule has 1 aliphatic heterocycles. The van der Waals surface area contributed by atoms with Crippen molar-refractivity contribution in [3.05, 3.63) is 100 Å². The Kier molecular flexibility index (Phi) is 6.59. The molecule has 2 atom stereocenters. The Morgan fingerprint density at radius 3 is 2.26 bits per heavy atom. The summed E-state index contributed by atoms with van der Waals surface area (Å²) in [5.41, 5.74) is 4.35. The first-order valence-corrected chi connectivity index (χ1v) is 10.8. The van der Waals surface area contributed by atoms with Gasteiger partial charge in [-0.15, -0.1) is 0 Å². The summed E-state index contributed by atoms with van der Waals surface area (Å²) in [5.74, 6) is 0.797. The molecule has 1 saturated heterocycles. The summed E-state index contributed by atoms with van der Waals surface area (Å²) >= 11 is 6.07. The molecule has 0 radical (unpaired) electrons. The number of carbonyl (C=O) groups excluding carboxylic acids is 1. The van der Waals surface area contributed by atoms with Gasteiger partial charge in [0.25, 0.3) is 5.91 Å². The van der Waals surface area contributed by atoms with E-state index in [9.17, 15) is 4.79 Å². The van der Waals surface area contributed by atoms with Gasteiger partial charge in [0.1, 0.15) is 11.9 Å². The van der Waals surface area contributed by atoms with Crippen molar-refractivity contribution in [3.8, 4) is 5.75 Å². The van der Waals surface area contributed by atoms with Gasteiger partial charge in [-0.1, -0.05) is 65.7 Å². The van der Waals surface area contributed by atoms with Crippen LogP contribution in [0.25, 0.3) is 0 Å². The summed E-state index contributed by atoms with van der Waals surface area (Å²) in [5, 5.41) is 0.672. The second kappa shape index (κ2) is 9.54. The molecule has 1 unspecified atom stereocenters. The molecule has 160 valence electrons. The van der Waals surface area contributed by atoms with Crippen molar-refractivity contribution < 1.29 is 14.3 Å². The van der Waals surface area contributed by atoms with Crippen LogP contribution in [0.3, 0.4) is 0 Å². The smallest absolute Gasteiger partial charge is 0.252 e. The van der Waals surface area contributed by atoms with Crippen LogP contribution in [0.2, 0.25) is 5.02 Å². The van der Waals surface area contributed by atoms with E-state index in [1.807, 2.05) is 53.4 Å². The lowest BCUT2D eigenvalue weighted by Crippen LogP contribution is -2.49. The molecular formula is C26H26ClNO3. The summed E-state index contributed by atoms with van der Waals surface area (Å²) in [4.78, 5) is 15.4. The first-order valence-electron chi connectivity index (χ1n) is 10.4. The van der Waals surface area contributed by atoms with Crippen molar-refractivity contribution in [1.29, 1.82) is 0 Å². The molecule has 0 aromatic heterocycles. The van der Waals surface area contributed by atoms with Crippen LogP contribution in [0.1, 0.15) is 28.3 Å². The zero-order valence-electron chi connectivity index (χ0n) is 17.8. The fourth-order valence-corrected chi connectivity index (χ4v) is 3.99. The Labute approximate surface area is 188 Å². The average molecular weight is 436 g/mol. The molecule has 0 N–H and O–H groups in total. The van der Waals surface area contributed by atoms with E-state index in [0.29, 0.717) is 24.6 Å². The molecule has 0 spiro atoms. The number of ether oxygens (including phenoxy) is 2. The highest BCUT2D eigenvalue weighted by atomic mass is 35.5. The number of aryl methyl sites for hydroxylation is 1. The number of morpholine rings is 1. The van der Waals surface area contributed by atoms with Crippen molar-refractivity contribution in [2.45, 2.75) is 32.0 Å². The number of hydrogen-bond donors (Lipinski definition) is 0. The summed E-state index contributed by atoms with van der Waals surface area (Å²) in [7, 11) is 1.65. The number of nitrogens with zero attached hydrogens (tertiary/aromatic N) is 1. The van der Waals surface area contributed by atoms with E-state index >= 15 is 0 Å². The molecule has 1 fully saturated rings. The molecule has 3 aromatic rings. The van der Waals surface area contributed by atoms with E-state index in [1.165, 1.54) is 5.56 Å². The SMILES string of the molecule is COc1ccc(CN2C(=O)C(Cc3ccc(C)cc3)OC[C@@H]2c2ccc(Cl)cc2)cc1. The highest BCUT2D eigenvalue weighted by Crippen LogP contribution is 2.31. The second-order valence-electron chi connectivity index (χ2n) is 7.89. The number of halogens is 1. The molecule has 0 aliphatic carbocycles. The maximum Gasteiger partial charge on any atom is 0.252 e. The van der Waals surface area contributed by atoms with Gasteiger partial charge < -0.3 is 14.4 Å². The number of hydrogen-bond acceptors (Lipinski definition) is 3. The maximum absolute atomic E-state index is 13.5. The zero-order valence-corrected chi connectivity index (χ0v) is 18.5. The van der Waals surface area contributed by atoms with Crippen molar-refractivity contribution >= 4 is 17.5 Å². The molecule has 4 rings (SSSR count). The lowest BCUT2D eigenvalue weighted by Gasteiger charge is -2.40. The van der Waals surface area contributed by atoms with Gasteiger partial charge in [-0.05, 0) is 47.9 Å². The van der Waals surface area contributed by atoms with Crippen molar-refractivity contribution in [1.82, 2.24) is 4.90 Å². The minimum absolute atomic E-state index is 0.00240. The molecule has 0 bridgehead atoms. The number of methoxy groups -OCH3 is 1. The zero-order chi connectivity index (χ0) is 21.8. The molecule has 1 heterocycles. The van der Waals surface area contributed by atoms with Gasteiger partial charge in [0.05, 0.1) is 19.8 Å². The molecule has 4 nitrogen and oxygen atoms in total. The molecule has 1 amide bonds. The van der Waals surface area contributed by atoms with Gasteiger partial charge in [-0.3, -0.25) is 4.79 Å². The van der Waals surface area contributed by atoms with Crippen molar-refractivity contribution in [2.75, 3.05) is 13.7 Å². The van der Waals surface area contributed by atoms with Gasteiger partial charge >= 0.3 is 0 Å². The summed E-state index contributed by atoms with van der Waals surface area (Å²) < 4.78 is 11.3. The normalized spacial score (nSPS) is 18.8. The van der Waals surface area contributed by atoms with Crippen LogP contribution in [0, 0.1) is 6.92 Å². The third kappa shape index (κ3) is 5.09. The van der Waals surface area contributed by atoms with Crippen LogP contribution in [-0.4, -0.2) is 30.6 Å². The molecule has 1 aliphatic rings. The van der Waals surface area contributed by atoms with Crippen LogP contribution < -0.4 is 4.74 Å². The quantitative estimate of drug-likeness (QED) is 0.522. The topological polar surface area (TPSA) is 38.8 Å². The molecule has 3 aromatic carbocycles. The predicted octanol–water partition coefficient (Wildman–Crippen LogP) is 5.37. The van der Waals surface area contributed by atoms with E-state index in [4.69, 9.17) is 21.1 Å². The van der Waals surface area contributed by atoms with Gasteiger partial charge in [0.15, 0.2) is 0 Å². The van der Waals surface area contributed by atoms with Crippen LogP contribution in [0.15, 0.2) is 72.8 Å². The lowest BCUT2D eigenvalue weighted by molar-refractivity contribution is -0.161. The number of amides is 1. The maximum atomic E-state index is 13.5. The van der Waals surface area contributed by atoms with Crippen molar-refractivity contribution in [2.24, 2.45) is 0 Å². The van der Waals surface area contributed by atoms with E-state index < -0.39 is 6.10 Å². The van der Waals surface area contributed by atoms with Gasteiger partial charge in [0, 0.05) is 18.0 Å². The first kappa shape index (κ1) is 21.4. The molecular weight excluding hydrogens is 410 g/mol. The van der Waals surface area contributed by atoms with Crippen LogP contribution >= 0.6 is 11.6 Å². The Morgan fingerprint density at radius 1 is 0.968 bits per heavy atom. The summed E-state index contributed by atoms with van der Waals surface area (Å²) in [6.45, 7) is 3.00. The highest BCUT2D eigenvalue weighted by molar-refractivity contribution is 6.30. The fourth-order valence-electron chi connectivity index (χ4n) is 3.87. The first-order chi connectivity index (χ1) is 15.0. The number of benzene rings is 3. The van der Waals surface area contributed by atoms with Crippen LogP contribution in [0.4, 0.5) is 0 Å². The standard InChI is InChI=1S/C26H26ClNO3/c1-18-3-5-19(6-4-18)15-25-26(29)28(16-20-7-13-23(30-2)14-8-20)24(17-31-25)21-9-11-22(27)12-10-21/h3-14,24-25H,15-17H2,1-2H3/t24-,25?/m1/s1. The average Bonchev–Trinajstić information content (AvgIpc) is 2.79. The molecule has 0 saturated carbocycles. The monoisotopic (exact) mass is 435 g/mol. The Balaban J connectivity index is 1.59. The molecule has 5 heteroatoms. The highest BCUT2D eigenvalue weighted by Gasteiger charge is 2.37. The Hall–Kier alpha value is -2.82. The lowest BCUT2D eigenvalue weighted by atomic mass is 9.99. The van der Waals surface area contributed by atoms with Gasteiger partial charge in [-0.2, -0.15) is 0 Å². The number of carbonyl (C=O) groups is 1. The number of rotatable bonds is 6. The largest absolute Gasteiger partial charge is 0.497 e. The molecule has 31 heavy (non-hydrogen) atoms.